The van der Waals surface area contributed by atoms with Gasteiger partial charge in [0.25, 0.3) is 0 Å². The predicted octanol–water partition coefficient (Wildman–Crippen LogP) is 3.48. The Labute approximate surface area is 197 Å². The second-order valence-electron chi connectivity index (χ2n) is 9.23. The summed E-state index contributed by atoms with van der Waals surface area (Å²) in [6.07, 6.45) is 1.47. The van der Waals surface area contributed by atoms with Crippen LogP contribution in [0.15, 0.2) is 54.6 Å². The topological polar surface area (TPSA) is 86.8 Å². The van der Waals surface area contributed by atoms with E-state index in [4.69, 9.17) is 0 Å². The average molecular weight is 474 g/mol. The fraction of sp³-hybridized carbons (Fsp3) is 0.440. The minimum Gasteiger partial charge on any atom is -0.350 e. The molecule has 7 nitrogen and oxygen atoms in total. The summed E-state index contributed by atoms with van der Waals surface area (Å²) in [5.41, 5.74) is 1.57. The van der Waals surface area contributed by atoms with Crippen molar-refractivity contribution in [1.82, 2.24) is 10.2 Å². The van der Waals surface area contributed by atoms with Crippen LogP contribution in [0.1, 0.15) is 45.2 Å². The van der Waals surface area contributed by atoms with E-state index >= 15 is 0 Å². The van der Waals surface area contributed by atoms with Gasteiger partial charge in [0.1, 0.15) is 12.6 Å². The minimum atomic E-state index is -3.74. The van der Waals surface area contributed by atoms with Crippen molar-refractivity contribution < 1.29 is 18.0 Å². The van der Waals surface area contributed by atoms with Gasteiger partial charge in [-0.2, -0.15) is 0 Å². The molecule has 2 aromatic carbocycles. The maximum Gasteiger partial charge on any atom is 0.244 e. The van der Waals surface area contributed by atoms with Crippen molar-refractivity contribution in [3.05, 3.63) is 65.7 Å². The first-order valence-electron chi connectivity index (χ1n) is 11.0. The van der Waals surface area contributed by atoms with E-state index in [-0.39, 0.29) is 12.5 Å². The number of para-hydroxylation sites is 1. The first-order valence-corrected chi connectivity index (χ1v) is 12.9. The molecule has 2 aromatic rings. The number of nitrogens with zero attached hydrogens (tertiary/aromatic N) is 2. The minimum absolute atomic E-state index is 0.196. The molecule has 1 N–H and O–H groups in total. The number of carbonyl (C=O) groups excluding carboxylic acids is 2. The molecular formula is C25H35N3O4S. The maximum atomic E-state index is 13.6. The number of hydrogen-bond acceptors (Lipinski definition) is 4. The fourth-order valence-electron chi connectivity index (χ4n) is 3.59. The third-order valence-corrected chi connectivity index (χ3v) is 6.27. The van der Waals surface area contributed by atoms with Gasteiger partial charge in [0.15, 0.2) is 0 Å². The summed E-state index contributed by atoms with van der Waals surface area (Å²) in [6.45, 7) is 9.08. The molecule has 0 spiro atoms. The summed E-state index contributed by atoms with van der Waals surface area (Å²) >= 11 is 0. The SMILES string of the molecule is CCC(C(=O)NC(C)(C)C)N(Cc1ccccc1)C(=O)CN(c1ccccc1C)S(C)(=O)=O. The zero-order valence-corrected chi connectivity index (χ0v) is 21.1. The van der Waals surface area contributed by atoms with Crippen molar-refractivity contribution in [2.75, 3.05) is 17.1 Å². The Bertz CT molecular complexity index is 1060. The molecule has 0 aliphatic rings. The number of sulfonamides is 1. The summed E-state index contributed by atoms with van der Waals surface area (Å²) < 4.78 is 26.4. The van der Waals surface area contributed by atoms with Gasteiger partial charge >= 0.3 is 0 Å². The molecule has 2 amide bonds. The van der Waals surface area contributed by atoms with Crippen LogP contribution < -0.4 is 9.62 Å². The zero-order valence-electron chi connectivity index (χ0n) is 20.3. The van der Waals surface area contributed by atoms with E-state index < -0.39 is 34.1 Å². The van der Waals surface area contributed by atoms with E-state index in [1.54, 1.807) is 25.1 Å². The van der Waals surface area contributed by atoms with Crippen LogP contribution in [0.25, 0.3) is 0 Å². The maximum absolute atomic E-state index is 13.6. The Kier molecular flexibility index (Phi) is 8.66. The molecular weight excluding hydrogens is 438 g/mol. The molecule has 33 heavy (non-hydrogen) atoms. The molecule has 1 atom stereocenters. The van der Waals surface area contributed by atoms with Crippen molar-refractivity contribution >= 4 is 27.5 Å². The van der Waals surface area contributed by atoms with E-state index in [2.05, 4.69) is 5.32 Å². The molecule has 0 aliphatic carbocycles. The van der Waals surface area contributed by atoms with Crippen molar-refractivity contribution in [3.63, 3.8) is 0 Å². The van der Waals surface area contributed by atoms with Gasteiger partial charge in [0, 0.05) is 12.1 Å². The van der Waals surface area contributed by atoms with Gasteiger partial charge in [-0.15, -0.1) is 0 Å². The van der Waals surface area contributed by atoms with Crippen LogP contribution in [0.3, 0.4) is 0 Å². The van der Waals surface area contributed by atoms with Gasteiger partial charge in [-0.1, -0.05) is 55.5 Å². The lowest BCUT2D eigenvalue weighted by molar-refractivity contribution is -0.141. The Hall–Kier alpha value is -2.87. The summed E-state index contributed by atoms with van der Waals surface area (Å²) in [5, 5.41) is 2.95. The highest BCUT2D eigenvalue weighted by Crippen LogP contribution is 2.23. The molecule has 0 aromatic heterocycles. The molecule has 0 radical (unpaired) electrons. The van der Waals surface area contributed by atoms with Crippen LogP contribution in [-0.2, 0) is 26.2 Å². The Morgan fingerprint density at radius 2 is 1.58 bits per heavy atom. The summed E-state index contributed by atoms with van der Waals surface area (Å²) in [7, 11) is -3.74. The lowest BCUT2D eigenvalue weighted by Crippen LogP contribution is -2.55. The van der Waals surface area contributed by atoms with Gasteiger partial charge in [-0.25, -0.2) is 8.42 Å². The predicted molar refractivity (Wildman–Crippen MR) is 132 cm³/mol. The number of anilines is 1. The number of carbonyl (C=O) groups is 2. The first kappa shape index (κ1) is 26.4. The normalized spacial score (nSPS) is 12.7. The monoisotopic (exact) mass is 473 g/mol. The molecule has 0 aliphatic heterocycles. The van der Waals surface area contributed by atoms with Gasteiger partial charge in [0.2, 0.25) is 21.8 Å². The van der Waals surface area contributed by atoms with Crippen LogP contribution in [0.5, 0.6) is 0 Å². The van der Waals surface area contributed by atoms with E-state index in [9.17, 15) is 18.0 Å². The second kappa shape index (κ2) is 10.8. The Morgan fingerprint density at radius 3 is 2.09 bits per heavy atom. The molecule has 0 bridgehead atoms. The molecule has 1 unspecified atom stereocenters. The third kappa shape index (κ3) is 7.60. The summed E-state index contributed by atoms with van der Waals surface area (Å²) in [4.78, 5) is 28.2. The highest BCUT2D eigenvalue weighted by Gasteiger charge is 2.33. The van der Waals surface area contributed by atoms with Crippen molar-refractivity contribution in [3.8, 4) is 0 Å². The lowest BCUT2D eigenvalue weighted by atomic mass is 10.1. The summed E-state index contributed by atoms with van der Waals surface area (Å²) in [5.74, 6) is -0.709. The van der Waals surface area contributed by atoms with E-state index in [1.807, 2.05) is 64.1 Å². The lowest BCUT2D eigenvalue weighted by Gasteiger charge is -2.34. The van der Waals surface area contributed by atoms with Crippen LogP contribution in [0.2, 0.25) is 0 Å². The van der Waals surface area contributed by atoms with Crippen LogP contribution in [-0.4, -0.2) is 49.5 Å². The first-order chi connectivity index (χ1) is 15.3. The Morgan fingerprint density at radius 1 is 1.00 bits per heavy atom. The van der Waals surface area contributed by atoms with Crippen molar-refractivity contribution in [2.24, 2.45) is 0 Å². The Balaban J connectivity index is 2.44. The number of hydrogen-bond donors (Lipinski definition) is 1. The number of rotatable bonds is 9. The van der Waals surface area contributed by atoms with Gasteiger partial charge < -0.3 is 10.2 Å². The summed E-state index contributed by atoms with van der Waals surface area (Å²) in [6, 6.07) is 15.6. The van der Waals surface area contributed by atoms with Crippen LogP contribution >= 0.6 is 0 Å². The quantitative estimate of drug-likeness (QED) is 0.604. The van der Waals surface area contributed by atoms with Crippen LogP contribution in [0, 0.1) is 6.92 Å². The van der Waals surface area contributed by atoms with E-state index in [0.717, 1.165) is 21.7 Å². The number of nitrogens with one attached hydrogen (secondary N) is 1. The largest absolute Gasteiger partial charge is 0.350 e. The highest BCUT2D eigenvalue weighted by atomic mass is 32.2. The third-order valence-electron chi connectivity index (χ3n) is 5.14. The smallest absolute Gasteiger partial charge is 0.244 e. The second-order valence-corrected chi connectivity index (χ2v) is 11.1. The molecule has 180 valence electrons. The molecule has 2 rings (SSSR count). The van der Waals surface area contributed by atoms with E-state index in [0.29, 0.717) is 12.1 Å². The molecule has 0 saturated heterocycles. The molecule has 8 heteroatoms. The average Bonchev–Trinajstić information content (AvgIpc) is 2.71. The molecule has 0 heterocycles. The van der Waals surface area contributed by atoms with E-state index in [1.165, 1.54) is 4.90 Å². The van der Waals surface area contributed by atoms with Gasteiger partial charge in [-0.05, 0) is 51.3 Å². The standard InChI is InChI=1S/C25H35N3O4S/c1-7-21(24(30)26-25(3,4)5)27(17-20-14-9-8-10-15-20)23(29)18-28(33(6,31)32)22-16-12-11-13-19(22)2/h8-16,21H,7,17-18H2,1-6H3,(H,26,30). The van der Waals surface area contributed by atoms with Crippen molar-refractivity contribution in [2.45, 2.75) is 59.2 Å². The zero-order chi connectivity index (χ0) is 24.8. The van der Waals surface area contributed by atoms with Gasteiger partial charge in [0.05, 0.1) is 11.9 Å². The number of aryl methyl sites for hydroxylation is 1. The fourth-order valence-corrected chi connectivity index (χ4v) is 4.50. The molecule has 0 fully saturated rings. The number of amides is 2. The van der Waals surface area contributed by atoms with Crippen molar-refractivity contribution in [1.29, 1.82) is 0 Å². The molecule has 0 saturated carbocycles. The van der Waals surface area contributed by atoms with Gasteiger partial charge in [-0.3, -0.25) is 13.9 Å². The number of benzene rings is 2. The van der Waals surface area contributed by atoms with Crippen LogP contribution in [0.4, 0.5) is 5.69 Å². The highest BCUT2D eigenvalue weighted by molar-refractivity contribution is 7.92.